The topological polar surface area (TPSA) is 128 Å². The van der Waals surface area contributed by atoms with Gasteiger partial charge in [-0.25, -0.2) is 0 Å². The van der Waals surface area contributed by atoms with E-state index in [-0.39, 0.29) is 18.4 Å². The molecular formula is C13H32N6. The van der Waals surface area contributed by atoms with Gasteiger partial charge < -0.3 is 22.9 Å². The molecule has 0 bridgehead atoms. The molecule has 1 rings (SSSR count). The molecule has 0 radical (unpaired) electrons. The molecule has 0 aromatic rings. The van der Waals surface area contributed by atoms with Crippen LogP contribution in [-0.2, 0) is 0 Å². The first kappa shape index (κ1) is 16.8. The third-order valence-electron chi connectivity index (χ3n) is 3.80. The van der Waals surface area contributed by atoms with E-state index in [4.69, 9.17) is 22.9 Å². The molecule has 0 amide bonds. The lowest BCUT2D eigenvalue weighted by atomic mass is 10.1. The second-order valence-corrected chi connectivity index (χ2v) is 5.61. The highest BCUT2D eigenvalue weighted by Gasteiger charge is 2.21. The molecule has 1 fully saturated rings. The molecule has 19 heavy (non-hydrogen) atoms. The maximum atomic E-state index is 6.04. The summed E-state index contributed by atoms with van der Waals surface area (Å²) in [5.41, 5.74) is 23.2. The van der Waals surface area contributed by atoms with Crippen molar-refractivity contribution in [1.29, 1.82) is 0 Å². The Morgan fingerprint density at radius 1 is 1.00 bits per heavy atom. The standard InChI is InChI=1S/C13H32N6/c14-8-6-10(16)2-1-3-13-18-11(7-9-15)4-5-12(17)19-13/h10-13,18-19H,1-9,14-17H2. The van der Waals surface area contributed by atoms with E-state index in [0.717, 1.165) is 51.5 Å². The summed E-state index contributed by atoms with van der Waals surface area (Å²) in [6.45, 7) is 1.39. The van der Waals surface area contributed by atoms with E-state index in [1.165, 1.54) is 0 Å². The van der Waals surface area contributed by atoms with E-state index < -0.39 is 0 Å². The molecule has 0 spiro atoms. The van der Waals surface area contributed by atoms with Crippen LogP contribution in [0.3, 0.4) is 0 Å². The smallest absolute Gasteiger partial charge is 0.0585 e. The highest BCUT2D eigenvalue weighted by molar-refractivity contribution is 4.81. The van der Waals surface area contributed by atoms with Gasteiger partial charge in [0.1, 0.15) is 0 Å². The van der Waals surface area contributed by atoms with E-state index in [9.17, 15) is 0 Å². The summed E-state index contributed by atoms with van der Waals surface area (Å²) in [7, 11) is 0. The molecule has 6 heteroatoms. The van der Waals surface area contributed by atoms with Crippen molar-refractivity contribution in [2.75, 3.05) is 13.1 Å². The summed E-state index contributed by atoms with van der Waals surface area (Å²) < 4.78 is 0. The van der Waals surface area contributed by atoms with Crippen LogP contribution in [-0.4, -0.2) is 37.5 Å². The molecule has 0 aliphatic carbocycles. The van der Waals surface area contributed by atoms with Crippen molar-refractivity contribution in [3.05, 3.63) is 0 Å². The minimum atomic E-state index is 0.0815. The second-order valence-electron chi connectivity index (χ2n) is 5.61. The summed E-state index contributed by atoms with van der Waals surface area (Å²) in [6, 6.07) is 0.707. The fraction of sp³-hybridized carbons (Fsp3) is 1.00. The van der Waals surface area contributed by atoms with E-state index in [2.05, 4.69) is 10.6 Å². The lowest BCUT2D eigenvalue weighted by molar-refractivity contribution is 0.340. The minimum absolute atomic E-state index is 0.0815. The number of hydrogen-bond donors (Lipinski definition) is 6. The van der Waals surface area contributed by atoms with Crippen molar-refractivity contribution < 1.29 is 0 Å². The average molecular weight is 272 g/mol. The lowest BCUT2D eigenvalue weighted by Crippen LogP contribution is -2.50. The SMILES string of the molecule is NCCC(N)CCCC1NC(N)CCC(CCN)N1. The number of nitrogens with two attached hydrogens (primary N) is 4. The van der Waals surface area contributed by atoms with E-state index >= 15 is 0 Å². The van der Waals surface area contributed by atoms with Gasteiger partial charge in [-0.2, -0.15) is 0 Å². The molecule has 6 nitrogen and oxygen atoms in total. The summed E-state index contributed by atoms with van der Waals surface area (Å²) in [5, 5.41) is 7.05. The van der Waals surface area contributed by atoms with Gasteiger partial charge in [0.05, 0.1) is 12.3 Å². The van der Waals surface area contributed by atoms with Crippen molar-refractivity contribution in [2.24, 2.45) is 22.9 Å². The third-order valence-corrected chi connectivity index (χ3v) is 3.80. The van der Waals surface area contributed by atoms with Gasteiger partial charge in [-0.3, -0.25) is 10.6 Å². The van der Waals surface area contributed by atoms with E-state index in [1.807, 2.05) is 0 Å². The van der Waals surface area contributed by atoms with E-state index in [1.54, 1.807) is 0 Å². The van der Waals surface area contributed by atoms with Crippen molar-refractivity contribution in [3.63, 3.8) is 0 Å². The molecular weight excluding hydrogens is 240 g/mol. The molecule has 1 saturated heterocycles. The van der Waals surface area contributed by atoms with Gasteiger partial charge in [0.15, 0.2) is 0 Å². The zero-order valence-electron chi connectivity index (χ0n) is 12.0. The van der Waals surface area contributed by atoms with Crippen LogP contribution in [0.15, 0.2) is 0 Å². The molecule has 0 aromatic heterocycles. The normalized spacial score (nSPS) is 30.0. The van der Waals surface area contributed by atoms with Crippen LogP contribution in [0.2, 0.25) is 0 Å². The Labute approximate surface area is 117 Å². The number of rotatable bonds is 8. The van der Waals surface area contributed by atoms with Gasteiger partial charge in [0.25, 0.3) is 0 Å². The van der Waals surface area contributed by atoms with Crippen LogP contribution in [0.1, 0.15) is 44.9 Å². The summed E-state index contributed by atoms with van der Waals surface area (Å²) >= 11 is 0. The predicted octanol–water partition coefficient (Wildman–Crippen LogP) is -0.866. The van der Waals surface area contributed by atoms with Crippen molar-refractivity contribution in [2.45, 2.75) is 69.4 Å². The van der Waals surface area contributed by atoms with Crippen LogP contribution in [0, 0.1) is 0 Å². The summed E-state index contributed by atoms with van der Waals surface area (Å²) in [6.07, 6.45) is 7.53. The molecule has 4 unspecified atom stereocenters. The Balaban J connectivity index is 2.28. The first-order chi connectivity index (χ1) is 9.15. The Hall–Kier alpha value is -0.240. The Bertz CT molecular complexity index is 225. The Morgan fingerprint density at radius 2 is 1.79 bits per heavy atom. The zero-order valence-corrected chi connectivity index (χ0v) is 12.0. The van der Waals surface area contributed by atoms with Gasteiger partial charge in [0.2, 0.25) is 0 Å². The van der Waals surface area contributed by atoms with Crippen LogP contribution in [0.25, 0.3) is 0 Å². The third kappa shape index (κ3) is 7.20. The van der Waals surface area contributed by atoms with Gasteiger partial charge in [-0.05, 0) is 58.0 Å². The fourth-order valence-corrected chi connectivity index (χ4v) is 2.68. The van der Waals surface area contributed by atoms with Crippen LogP contribution in [0.5, 0.6) is 0 Å². The maximum absolute atomic E-state index is 6.04. The number of hydrogen-bond acceptors (Lipinski definition) is 6. The molecule has 0 aromatic carbocycles. The van der Waals surface area contributed by atoms with E-state index in [0.29, 0.717) is 12.6 Å². The highest BCUT2D eigenvalue weighted by atomic mass is 15.2. The predicted molar refractivity (Wildman–Crippen MR) is 80.2 cm³/mol. The van der Waals surface area contributed by atoms with Crippen molar-refractivity contribution in [3.8, 4) is 0 Å². The van der Waals surface area contributed by atoms with Crippen LogP contribution < -0.4 is 33.6 Å². The Kier molecular flexibility index (Phi) is 8.52. The highest BCUT2D eigenvalue weighted by Crippen LogP contribution is 2.12. The van der Waals surface area contributed by atoms with Crippen molar-refractivity contribution in [1.82, 2.24) is 10.6 Å². The molecule has 1 aliphatic heterocycles. The first-order valence-corrected chi connectivity index (χ1v) is 7.59. The molecule has 1 heterocycles. The molecule has 4 atom stereocenters. The Morgan fingerprint density at radius 3 is 2.47 bits per heavy atom. The molecule has 114 valence electrons. The first-order valence-electron chi connectivity index (χ1n) is 7.59. The van der Waals surface area contributed by atoms with Crippen LogP contribution >= 0.6 is 0 Å². The molecule has 0 saturated carbocycles. The van der Waals surface area contributed by atoms with Crippen molar-refractivity contribution >= 4 is 0 Å². The van der Waals surface area contributed by atoms with Gasteiger partial charge in [0, 0.05) is 12.1 Å². The average Bonchev–Trinajstić information content (AvgIpc) is 2.52. The lowest BCUT2D eigenvalue weighted by Gasteiger charge is -2.24. The van der Waals surface area contributed by atoms with Gasteiger partial charge >= 0.3 is 0 Å². The quantitative estimate of drug-likeness (QED) is 0.341. The minimum Gasteiger partial charge on any atom is -0.330 e. The maximum Gasteiger partial charge on any atom is 0.0585 e. The zero-order chi connectivity index (χ0) is 14.1. The van der Waals surface area contributed by atoms with Gasteiger partial charge in [-0.1, -0.05) is 0 Å². The fourth-order valence-electron chi connectivity index (χ4n) is 2.68. The van der Waals surface area contributed by atoms with Crippen LogP contribution in [0.4, 0.5) is 0 Å². The molecule has 1 aliphatic rings. The second kappa shape index (κ2) is 9.63. The summed E-state index contributed by atoms with van der Waals surface area (Å²) in [4.78, 5) is 0. The molecule has 10 N–H and O–H groups in total. The monoisotopic (exact) mass is 272 g/mol. The largest absolute Gasteiger partial charge is 0.330 e. The number of nitrogens with one attached hydrogen (secondary N) is 2. The van der Waals surface area contributed by atoms with Gasteiger partial charge in [-0.15, -0.1) is 0 Å². The summed E-state index contributed by atoms with van der Waals surface area (Å²) in [5.74, 6) is 0.